The molecular weight excluding hydrogens is 232 g/mol. The summed E-state index contributed by atoms with van der Waals surface area (Å²) in [4.78, 5) is 10.4. The van der Waals surface area contributed by atoms with Crippen LogP contribution >= 0.6 is 0 Å². The van der Waals surface area contributed by atoms with Crippen molar-refractivity contribution >= 4 is 6.29 Å². The first kappa shape index (κ1) is 15.1. The fourth-order valence-corrected chi connectivity index (χ4v) is 4.54. The molecule has 2 aliphatic carbocycles. The number of aldehydes is 1. The molecule has 0 bridgehead atoms. The minimum absolute atomic E-state index is 0.787. The van der Waals surface area contributed by atoms with Gasteiger partial charge in [0.15, 0.2) is 0 Å². The lowest BCUT2D eigenvalue weighted by molar-refractivity contribution is -0.108. The van der Waals surface area contributed by atoms with Gasteiger partial charge in [0, 0.05) is 6.42 Å². The van der Waals surface area contributed by atoms with E-state index in [0.29, 0.717) is 0 Å². The first-order chi connectivity index (χ1) is 9.20. The Labute approximate surface area is 119 Å². The third-order valence-electron chi connectivity index (χ3n) is 6.01. The quantitative estimate of drug-likeness (QED) is 0.621. The molecule has 0 atom stereocenters. The van der Waals surface area contributed by atoms with E-state index in [2.05, 4.69) is 13.8 Å². The zero-order chi connectivity index (χ0) is 13.7. The van der Waals surface area contributed by atoms with Crippen molar-refractivity contribution in [3.05, 3.63) is 0 Å². The number of hydrogen-bond acceptors (Lipinski definition) is 1. The standard InChI is InChI=1S/C18H32O/c1-14(2)16-9-11-18(12-10-16)17-7-5-15(6-8-17)4-3-13-19/h13-18H,3-12H2,1-2H3. The summed E-state index contributed by atoms with van der Waals surface area (Å²) in [5.74, 6) is 4.79. The maximum atomic E-state index is 10.4. The van der Waals surface area contributed by atoms with Gasteiger partial charge in [-0.25, -0.2) is 0 Å². The highest BCUT2D eigenvalue weighted by atomic mass is 16.1. The van der Waals surface area contributed by atoms with Gasteiger partial charge in [-0.05, 0) is 74.5 Å². The molecule has 0 amide bonds. The molecule has 0 aromatic carbocycles. The van der Waals surface area contributed by atoms with Gasteiger partial charge in [-0.1, -0.05) is 26.7 Å². The van der Waals surface area contributed by atoms with E-state index in [0.717, 1.165) is 48.7 Å². The zero-order valence-corrected chi connectivity index (χ0v) is 12.9. The molecule has 0 heterocycles. The number of carbonyl (C=O) groups excluding carboxylic acids is 1. The highest BCUT2D eigenvalue weighted by molar-refractivity contribution is 5.49. The van der Waals surface area contributed by atoms with Crippen molar-refractivity contribution in [2.75, 3.05) is 0 Å². The van der Waals surface area contributed by atoms with Crippen LogP contribution in [0.25, 0.3) is 0 Å². The molecule has 0 radical (unpaired) electrons. The monoisotopic (exact) mass is 264 g/mol. The Kier molecular flexibility index (Phi) is 5.91. The topological polar surface area (TPSA) is 17.1 Å². The van der Waals surface area contributed by atoms with Crippen LogP contribution in [0.2, 0.25) is 0 Å². The molecule has 0 aliphatic heterocycles. The van der Waals surface area contributed by atoms with E-state index in [4.69, 9.17) is 0 Å². The zero-order valence-electron chi connectivity index (χ0n) is 12.9. The lowest BCUT2D eigenvalue weighted by Crippen LogP contribution is -2.27. The maximum Gasteiger partial charge on any atom is 0.120 e. The predicted octanol–water partition coefficient (Wildman–Crippen LogP) is 5.23. The Morgan fingerprint density at radius 2 is 1.42 bits per heavy atom. The summed E-state index contributed by atoms with van der Waals surface area (Å²) < 4.78 is 0. The Morgan fingerprint density at radius 1 is 0.895 bits per heavy atom. The minimum Gasteiger partial charge on any atom is -0.303 e. The summed E-state index contributed by atoms with van der Waals surface area (Å²) in [5, 5.41) is 0. The second-order valence-electron chi connectivity index (χ2n) is 7.44. The van der Waals surface area contributed by atoms with Crippen LogP contribution in [0.15, 0.2) is 0 Å². The van der Waals surface area contributed by atoms with Crippen LogP contribution in [0.4, 0.5) is 0 Å². The molecule has 0 saturated heterocycles. The van der Waals surface area contributed by atoms with Crippen molar-refractivity contribution in [3.8, 4) is 0 Å². The molecule has 1 heteroatoms. The summed E-state index contributed by atoms with van der Waals surface area (Å²) in [6.45, 7) is 4.78. The summed E-state index contributed by atoms with van der Waals surface area (Å²) in [5.41, 5.74) is 0. The molecule has 0 aromatic heterocycles. The van der Waals surface area contributed by atoms with E-state index in [1.54, 1.807) is 0 Å². The second kappa shape index (κ2) is 7.45. The lowest BCUT2D eigenvalue weighted by Gasteiger charge is -2.38. The van der Waals surface area contributed by atoms with Crippen LogP contribution in [-0.2, 0) is 4.79 Å². The lowest BCUT2D eigenvalue weighted by atomic mass is 9.67. The highest BCUT2D eigenvalue weighted by Crippen LogP contribution is 2.43. The van der Waals surface area contributed by atoms with E-state index in [-0.39, 0.29) is 0 Å². The summed E-state index contributed by atoms with van der Waals surface area (Å²) >= 11 is 0. The normalized spacial score (nSPS) is 36.4. The Balaban J connectivity index is 1.69. The SMILES string of the molecule is CC(C)C1CCC(C2CCC(CCC=O)CC2)CC1. The number of carbonyl (C=O) groups is 1. The van der Waals surface area contributed by atoms with Crippen LogP contribution in [0.5, 0.6) is 0 Å². The van der Waals surface area contributed by atoms with Gasteiger partial charge in [0.25, 0.3) is 0 Å². The fraction of sp³-hybridized carbons (Fsp3) is 0.944. The minimum atomic E-state index is 0.787. The third kappa shape index (κ3) is 4.33. The molecule has 110 valence electrons. The smallest absolute Gasteiger partial charge is 0.120 e. The van der Waals surface area contributed by atoms with E-state index >= 15 is 0 Å². The molecule has 2 rings (SSSR count). The van der Waals surface area contributed by atoms with Crippen LogP contribution < -0.4 is 0 Å². The van der Waals surface area contributed by atoms with Gasteiger partial charge >= 0.3 is 0 Å². The molecule has 0 aromatic rings. The second-order valence-corrected chi connectivity index (χ2v) is 7.44. The third-order valence-corrected chi connectivity index (χ3v) is 6.01. The maximum absolute atomic E-state index is 10.4. The summed E-state index contributed by atoms with van der Waals surface area (Å²) in [6.07, 6.45) is 14.6. The van der Waals surface area contributed by atoms with Crippen molar-refractivity contribution in [2.45, 2.75) is 78.1 Å². The molecule has 0 unspecified atom stereocenters. The van der Waals surface area contributed by atoms with Crippen molar-refractivity contribution in [2.24, 2.45) is 29.6 Å². The van der Waals surface area contributed by atoms with Crippen molar-refractivity contribution < 1.29 is 4.79 Å². The van der Waals surface area contributed by atoms with Gasteiger partial charge in [-0.15, -0.1) is 0 Å². The van der Waals surface area contributed by atoms with Crippen molar-refractivity contribution in [1.82, 2.24) is 0 Å². The molecule has 0 spiro atoms. The van der Waals surface area contributed by atoms with E-state index < -0.39 is 0 Å². The molecule has 19 heavy (non-hydrogen) atoms. The molecule has 2 fully saturated rings. The number of rotatable bonds is 5. The van der Waals surface area contributed by atoms with E-state index in [9.17, 15) is 4.79 Å². The van der Waals surface area contributed by atoms with Gasteiger partial charge < -0.3 is 4.79 Å². The Hall–Kier alpha value is -0.330. The average molecular weight is 264 g/mol. The van der Waals surface area contributed by atoms with Crippen molar-refractivity contribution in [1.29, 1.82) is 0 Å². The van der Waals surface area contributed by atoms with Crippen LogP contribution in [0.1, 0.15) is 78.1 Å². The molecule has 2 saturated carbocycles. The molecule has 1 nitrogen and oxygen atoms in total. The van der Waals surface area contributed by atoms with Gasteiger partial charge in [0.05, 0.1) is 0 Å². The van der Waals surface area contributed by atoms with Crippen LogP contribution in [0, 0.1) is 29.6 Å². The Morgan fingerprint density at radius 3 is 1.89 bits per heavy atom. The molecular formula is C18H32O. The highest BCUT2D eigenvalue weighted by Gasteiger charge is 2.31. The van der Waals surface area contributed by atoms with Crippen molar-refractivity contribution in [3.63, 3.8) is 0 Å². The largest absolute Gasteiger partial charge is 0.303 e. The first-order valence-electron chi connectivity index (χ1n) is 8.64. The summed E-state index contributed by atoms with van der Waals surface area (Å²) in [7, 11) is 0. The summed E-state index contributed by atoms with van der Waals surface area (Å²) in [6, 6.07) is 0. The molecule has 2 aliphatic rings. The van der Waals surface area contributed by atoms with Crippen LogP contribution in [-0.4, -0.2) is 6.29 Å². The van der Waals surface area contributed by atoms with E-state index in [1.165, 1.54) is 51.4 Å². The van der Waals surface area contributed by atoms with Crippen LogP contribution in [0.3, 0.4) is 0 Å². The van der Waals surface area contributed by atoms with E-state index in [1.807, 2.05) is 0 Å². The predicted molar refractivity (Wildman–Crippen MR) is 81.0 cm³/mol. The van der Waals surface area contributed by atoms with Gasteiger partial charge in [-0.2, -0.15) is 0 Å². The fourth-order valence-electron chi connectivity index (χ4n) is 4.54. The first-order valence-corrected chi connectivity index (χ1v) is 8.64. The van der Waals surface area contributed by atoms with Gasteiger partial charge in [0.1, 0.15) is 6.29 Å². The molecule has 0 N–H and O–H groups in total. The van der Waals surface area contributed by atoms with Gasteiger partial charge in [-0.3, -0.25) is 0 Å². The number of hydrogen-bond donors (Lipinski definition) is 0. The Bertz CT molecular complexity index is 255. The van der Waals surface area contributed by atoms with Gasteiger partial charge in [0.2, 0.25) is 0 Å². The average Bonchev–Trinajstić information content (AvgIpc) is 2.46.